The molecule has 1 heterocycles. The number of fused-ring (bicyclic) bond motifs is 1. The molecule has 1 unspecified atom stereocenters. The van der Waals surface area contributed by atoms with Crippen LogP contribution in [0.15, 0.2) is 48.5 Å². The Balaban J connectivity index is 1.42. The average Bonchev–Trinajstić information content (AvgIpc) is 2.72. The molecule has 4 rings (SSSR count). The number of carbonyl (C=O) groups excluding carboxylic acids is 1. The molecular formula is C23H27NO3. The number of Topliss-reactive ketones (excluding diaryl/α,β-unsaturated/α-hetero) is 1. The first kappa shape index (κ1) is 18.2. The van der Waals surface area contributed by atoms with E-state index >= 15 is 0 Å². The van der Waals surface area contributed by atoms with Gasteiger partial charge in [-0.25, -0.2) is 0 Å². The molecule has 1 fully saturated rings. The molecule has 27 heavy (non-hydrogen) atoms. The maximum atomic E-state index is 13.1. The van der Waals surface area contributed by atoms with Crippen LogP contribution >= 0.6 is 0 Å². The fraction of sp³-hybridized carbons (Fsp3) is 0.435. The highest BCUT2D eigenvalue weighted by molar-refractivity contribution is 6.02. The molecule has 1 N–H and O–H groups in total. The van der Waals surface area contributed by atoms with Crippen LogP contribution in [0, 0.1) is 5.92 Å². The summed E-state index contributed by atoms with van der Waals surface area (Å²) >= 11 is 0. The molecule has 0 aromatic heterocycles. The molecule has 0 bridgehead atoms. The summed E-state index contributed by atoms with van der Waals surface area (Å²) in [7, 11) is 1.63. The Kier molecular flexibility index (Phi) is 5.02. The summed E-state index contributed by atoms with van der Waals surface area (Å²) < 4.78 is 5.43. The van der Waals surface area contributed by atoms with E-state index in [1.54, 1.807) is 7.11 Å². The van der Waals surface area contributed by atoms with Gasteiger partial charge >= 0.3 is 0 Å². The number of aryl methyl sites for hydroxylation is 1. The zero-order valence-corrected chi connectivity index (χ0v) is 15.9. The van der Waals surface area contributed by atoms with Crippen LogP contribution in [0.2, 0.25) is 0 Å². The highest BCUT2D eigenvalue weighted by Gasteiger charge is 2.36. The largest absolute Gasteiger partial charge is 0.496 e. The number of benzene rings is 2. The molecule has 4 nitrogen and oxygen atoms in total. The quantitative estimate of drug-likeness (QED) is 0.902. The molecular weight excluding hydrogens is 338 g/mol. The third kappa shape index (κ3) is 3.52. The number of hydrogen-bond acceptors (Lipinski definition) is 4. The topological polar surface area (TPSA) is 49.8 Å². The van der Waals surface area contributed by atoms with Gasteiger partial charge in [0.1, 0.15) is 5.75 Å². The van der Waals surface area contributed by atoms with Crippen molar-refractivity contribution >= 4 is 5.78 Å². The number of piperidine rings is 1. The van der Waals surface area contributed by atoms with Crippen molar-refractivity contribution in [3.63, 3.8) is 0 Å². The number of methoxy groups -OCH3 is 1. The molecule has 2 aromatic carbocycles. The van der Waals surface area contributed by atoms with Gasteiger partial charge in [0.15, 0.2) is 5.78 Å². The summed E-state index contributed by atoms with van der Waals surface area (Å²) in [6, 6.07) is 15.8. The Bertz CT molecular complexity index is 795. The van der Waals surface area contributed by atoms with Crippen LogP contribution in [0.1, 0.15) is 40.7 Å². The zero-order chi connectivity index (χ0) is 18.9. The molecule has 0 amide bonds. The lowest BCUT2D eigenvalue weighted by Gasteiger charge is -2.40. The smallest absolute Gasteiger partial charge is 0.171 e. The van der Waals surface area contributed by atoms with Gasteiger partial charge in [0.25, 0.3) is 0 Å². The number of ether oxygens (including phenoxy) is 1. The predicted octanol–water partition coefficient (Wildman–Crippen LogP) is 3.42. The van der Waals surface area contributed by atoms with Crippen LogP contribution in [0.4, 0.5) is 0 Å². The van der Waals surface area contributed by atoms with E-state index in [-0.39, 0.29) is 11.7 Å². The number of aliphatic hydroxyl groups is 1. The summed E-state index contributed by atoms with van der Waals surface area (Å²) in [6.45, 7) is 2.39. The molecule has 1 saturated heterocycles. The Morgan fingerprint density at radius 1 is 1.11 bits per heavy atom. The minimum absolute atomic E-state index is 0.0109. The number of ketones is 1. The third-order valence-electron chi connectivity index (χ3n) is 6.18. The summed E-state index contributed by atoms with van der Waals surface area (Å²) in [5.41, 5.74) is 2.13. The van der Waals surface area contributed by atoms with Gasteiger partial charge in [-0.3, -0.25) is 4.79 Å². The maximum Gasteiger partial charge on any atom is 0.171 e. The summed E-state index contributed by atoms with van der Waals surface area (Å²) in [5.74, 6) is 0.911. The second kappa shape index (κ2) is 7.45. The minimum atomic E-state index is -0.746. The lowest BCUT2D eigenvalue weighted by molar-refractivity contribution is -0.0283. The van der Waals surface area contributed by atoms with E-state index in [2.05, 4.69) is 4.90 Å². The molecule has 2 aromatic rings. The number of likely N-dealkylation sites (tertiary alicyclic amines) is 1. The summed E-state index contributed by atoms with van der Waals surface area (Å²) in [5, 5.41) is 11.0. The van der Waals surface area contributed by atoms with Crippen molar-refractivity contribution in [1.29, 1.82) is 0 Å². The Morgan fingerprint density at radius 2 is 1.85 bits per heavy atom. The normalized spacial score (nSPS) is 22.3. The first-order valence-electron chi connectivity index (χ1n) is 9.81. The predicted molar refractivity (Wildman–Crippen MR) is 105 cm³/mol. The van der Waals surface area contributed by atoms with Crippen LogP contribution in [0.25, 0.3) is 0 Å². The van der Waals surface area contributed by atoms with Crippen molar-refractivity contribution in [3.8, 4) is 5.75 Å². The number of rotatable bonds is 4. The van der Waals surface area contributed by atoms with Crippen molar-refractivity contribution in [2.75, 3.05) is 26.7 Å². The SMILES string of the molecule is COc1cccc2c1C(=O)C(CN1CCC(O)(c3ccccc3)CC1)CC2. The summed E-state index contributed by atoms with van der Waals surface area (Å²) in [6.07, 6.45) is 3.22. The van der Waals surface area contributed by atoms with E-state index in [1.165, 1.54) is 0 Å². The molecule has 0 saturated carbocycles. The van der Waals surface area contributed by atoms with Gasteiger partial charge in [-0.2, -0.15) is 0 Å². The Morgan fingerprint density at radius 3 is 2.56 bits per heavy atom. The van der Waals surface area contributed by atoms with Gasteiger partial charge in [0, 0.05) is 25.6 Å². The van der Waals surface area contributed by atoms with Gasteiger partial charge < -0.3 is 14.7 Å². The monoisotopic (exact) mass is 365 g/mol. The number of carbonyl (C=O) groups is 1. The molecule has 4 heteroatoms. The van der Waals surface area contributed by atoms with Gasteiger partial charge in [-0.1, -0.05) is 42.5 Å². The fourth-order valence-electron chi connectivity index (χ4n) is 4.53. The first-order chi connectivity index (χ1) is 13.1. The van der Waals surface area contributed by atoms with Crippen molar-refractivity contribution in [2.24, 2.45) is 5.92 Å². The summed E-state index contributed by atoms with van der Waals surface area (Å²) in [4.78, 5) is 15.4. The standard InChI is InChI=1S/C23H27NO3/c1-27-20-9-5-6-17-10-11-18(22(25)21(17)20)16-24-14-12-23(26,13-15-24)19-7-3-2-4-8-19/h2-9,18,26H,10-16H2,1H3. The zero-order valence-electron chi connectivity index (χ0n) is 15.9. The number of nitrogens with zero attached hydrogens (tertiary/aromatic N) is 1. The lowest BCUT2D eigenvalue weighted by atomic mass is 9.80. The van der Waals surface area contributed by atoms with Crippen molar-refractivity contribution < 1.29 is 14.6 Å². The first-order valence-corrected chi connectivity index (χ1v) is 9.81. The van der Waals surface area contributed by atoms with E-state index in [9.17, 15) is 9.90 Å². The number of hydrogen-bond donors (Lipinski definition) is 1. The van der Waals surface area contributed by atoms with Crippen molar-refractivity contribution in [1.82, 2.24) is 4.90 Å². The minimum Gasteiger partial charge on any atom is -0.496 e. The molecule has 1 aliphatic carbocycles. The van der Waals surface area contributed by atoms with Crippen LogP contribution in [0.3, 0.4) is 0 Å². The molecule has 1 atom stereocenters. The van der Waals surface area contributed by atoms with E-state index in [0.717, 1.165) is 49.2 Å². The van der Waals surface area contributed by atoms with E-state index in [0.29, 0.717) is 18.6 Å². The highest BCUT2D eigenvalue weighted by atomic mass is 16.5. The maximum absolute atomic E-state index is 13.1. The van der Waals surface area contributed by atoms with Crippen LogP contribution in [0.5, 0.6) is 5.75 Å². The highest BCUT2D eigenvalue weighted by Crippen LogP contribution is 2.35. The molecule has 0 radical (unpaired) electrons. The van der Waals surface area contributed by atoms with E-state index in [1.807, 2.05) is 48.5 Å². The second-order valence-corrected chi connectivity index (χ2v) is 7.79. The Labute approximate surface area is 160 Å². The van der Waals surface area contributed by atoms with E-state index in [4.69, 9.17) is 4.74 Å². The van der Waals surface area contributed by atoms with Gasteiger partial charge in [-0.15, -0.1) is 0 Å². The van der Waals surface area contributed by atoms with Gasteiger partial charge in [0.05, 0.1) is 18.3 Å². The van der Waals surface area contributed by atoms with Crippen LogP contribution in [-0.2, 0) is 12.0 Å². The second-order valence-electron chi connectivity index (χ2n) is 7.79. The van der Waals surface area contributed by atoms with Crippen molar-refractivity contribution in [2.45, 2.75) is 31.3 Å². The van der Waals surface area contributed by atoms with E-state index < -0.39 is 5.60 Å². The lowest BCUT2D eigenvalue weighted by Crippen LogP contribution is -2.45. The van der Waals surface area contributed by atoms with Gasteiger partial charge in [-0.05, 0) is 42.9 Å². The fourth-order valence-corrected chi connectivity index (χ4v) is 4.53. The molecule has 2 aliphatic rings. The van der Waals surface area contributed by atoms with Crippen LogP contribution in [-0.4, -0.2) is 42.5 Å². The molecule has 0 spiro atoms. The Hall–Kier alpha value is -2.17. The van der Waals surface area contributed by atoms with Crippen LogP contribution < -0.4 is 4.74 Å². The van der Waals surface area contributed by atoms with Crippen molar-refractivity contribution in [3.05, 3.63) is 65.2 Å². The van der Waals surface area contributed by atoms with Gasteiger partial charge in [0.2, 0.25) is 0 Å². The third-order valence-corrected chi connectivity index (χ3v) is 6.18. The molecule has 142 valence electrons. The molecule has 1 aliphatic heterocycles. The average molecular weight is 365 g/mol.